The topological polar surface area (TPSA) is 54.0 Å². The predicted molar refractivity (Wildman–Crippen MR) is 83.8 cm³/mol. The molecular weight excluding hydrogens is 304 g/mol. The zero-order valence-electron chi connectivity index (χ0n) is 12.9. The normalized spacial score (nSPS) is 11.6. The number of methoxy groups -OCH3 is 4. The Hall–Kier alpha value is -2.21. The number of ether oxygens (including phenoxy) is 4. The van der Waals surface area contributed by atoms with Gasteiger partial charge in [0.25, 0.3) is 0 Å². The van der Waals surface area contributed by atoms with Crippen LogP contribution in [-0.2, 0) is 10.8 Å². The molecule has 5 nitrogen and oxygen atoms in total. The molecule has 0 bridgehead atoms. The van der Waals surface area contributed by atoms with Gasteiger partial charge in [-0.3, -0.25) is 0 Å². The molecule has 1 unspecified atom stereocenters. The highest BCUT2D eigenvalue weighted by Gasteiger charge is 2.17. The molecule has 0 aliphatic rings. The van der Waals surface area contributed by atoms with E-state index in [4.69, 9.17) is 18.9 Å². The molecule has 0 saturated carbocycles. The van der Waals surface area contributed by atoms with Crippen LogP contribution in [0.15, 0.2) is 46.2 Å². The van der Waals surface area contributed by atoms with E-state index >= 15 is 0 Å². The van der Waals surface area contributed by atoms with E-state index in [1.807, 2.05) is 0 Å². The summed E-state index contributed by atoms with van der Waals surface area (Å²) in [5.41, 5.74) is 0. The van der Waals surface area contributed by atoms with Crippen LogP contribution in [0.5, 0.6) is 23.0 Å². The molecule has 0 aliphatic carbocycles. The molecule has 0 aromatic heterocycles. The molecule has 2 aromatic rings. The number of rotatable bonds is 6. The van der Waals surface area contributed by atoms with Crippen molar-refractivity contribution < 1.29 is 23.2 Å². The van der Waals surface area contributed by atoms with Crippen LogP contribution in [0, 0.1) is 0 Å². The Morgan fingerprint density at radius 1 is 0.727 bits per heavy atom. The second-order valence-corrected chi connectivity index (χ2v) is 5.79. The molecule has 0 radical (unpaired) electrons. The Morgan fingerprint density at radius 2 is 1.27 bits per heavy atom. The fourth-order valence-electron chi connectivity index (χ4n) is 2.00. The van der Waals surface area contributed by atoms with Crippen LogP contribution in [0.2, 0.25) is 0 Å². The number of hydrogen-bond donors (Lipinski definition) is 0. The highest BCUT2D eigenvalue weighted by molar-refractivity contribution is 7.85. The molecule has 0 amide bonds. The molecule has 2 rings (SSSR count). The smallest absolute Gasteiger partial charge is 0.203 e. The van der Waals surface area contributed by atoms with E-state index in [9.17, 15) is 4.21 Å². The summed E-state index contributed by atoms with van der Waals surface area (Å²) in [7, 11) is 4.80. The molecule has 6 heteroatoms. The van der Waals surface area contributed by atoms with Crippen LogP contribution in [0.4, 0.5) is 0 Å². The summed E-state index contributed by atoms with van der Waals surface area (Å²) >= 11 is 0. The van der Waals surface area contributed by atoms with Crippen LogP contribution in [0.25, 0.3) is 0 Å². The molecule has 2 aromatic carbocycles. The molecular formula is C16H18O5S. The fraction of sp³-hybridized carbons (Fsp3) is 0.250. The molecule has 0 aliphatic heterocycles. The summed E-state index contributed by atoms with van der Waals surface area (Å²) in [6.45, 7) is 0. The van der Waals surface area contributed by atoms with Gasteiger partial charge in [-0.05, 0) is 24.3 Å². The van der Waals surface area contributed by atoms with Gasteiger partial charge in [-0.15, -0.1) is 0 Å². The van der Waals surface area contributed by atoms with Crippen LogP contribution < -0.4 is 18.9 Å². The maximum atomic E-state index is 12.7. The lowest BCUT2D eigenvalue weighted by molar-refractivity contribution is 0.323. The third-order valence-corrected chi connectivity index (χ3v) is 4.49. The van der Waals surface area contributed by atoms with Gasteiger partial charge < -0.3 is 18.9 Å². The van der Waals surface area contributed by atoms with Gasteiger partial charge in [0.15, 0.2) is 11.5 Å². The lowest BCUT2D eigenvalue weighted by atomic mass is 10.3. The molecule has 0 spiro atoms. The van der Waals surface area contributed by atoms with Crippen molar-refractivity contribution >= 4 is 10.8 Å². The van der Waals surface area contributed by atoms with Gasteiger partial charge in [-0.1, -0.05) is 0 Å². The van der Waals surface area contributed by atoms with Crippen LogP contribution >= 0.6 is 0 Å². The second-order valence-electron chi connectivity index (χ2n) is 4.31. The van der Waals surface area contributed by atoms with Gasteiger partial charge in [0, 0.05) is 17.0 Å². The summed E-state index contributed by atoms with van der Waals surface area (Å²) < 4.78 is 33.6. The average molecular weight is 322 g/mol. The summed E-state index contributed by atoms with van der Waals surface area (Å²) in [6, 6.07) is 10.4. The molecule has 0 fully saturated rings. The third kappa shape index (κ3) is 3.17. The molecule has 22 heavy (non-hydrogen) atoms. The zero-order valence-corrected chi connectivity index (χ0v) is 13.7. The zero-order chi connectivity index (χ0) is 16.1. The summed E-state index contributed by atoms with van der Waals surface area (Å²) in [4.78, 5) is 1.23. The summed E-state index contributed by atoms with van der Waals surface area (Å²) in [5.74, 6) is 2.13. The first-order chi connectivity index (χ1) is 10.6. The Labute approximate surface area is 132 Å². The van der Waals surface area contributed by atoms with Gasteiger partial charge in [0.1, 0.15) is 5.75 Å². The summed E-state index contributed by atoms with van der Waals surface area (Å²) in [6.07, 6.45) is 0. The Bertz CT molecular complexity index is 642. The minimum Gasteiger partial charge on any atom is -0.497 e. The maximum Gasteiger partial charge on any atom is 0.203 e. The van der Waals surface area contributed by atoms with Crippen LogP contribution in [0.1, 0.15) is 0 Å². The van der Waals surface area contributed by atoms with Crippen molar-refractivity contribution in [2.24, 2.45) is 0 Å². The van der Waals surface area contributed by atoms with Gasteiger partial charge in [-0.2, -0.15) is 0 Å². The highest BCUT2D eigenvalue weighted by atomic mass is 32.2. The standard InChI is InChI=1S/C16H18O5S/c1-18-11-5-7-12(8-6-11)22(17)13-9-14(19-2)16(21-4)15(10-13)20-3/h5-10H,1-4H3. The van der Waals surface area contributed by atoms with Crippen LogP contribution in [-0.4, -0.2) is 32.6 Å². The highest BCUT2D eigenvalue weighted by Crippen LogP contribution is 2.39. The lowest BCUT2D eigenvalue weighted by Gasteiger charge is -2.14. The number of benzene rings is 2. The van der Waals surface area contributed by atoms with Gasteiger partial charge in [0.2, 0.25) is 5.75 Å². The van der Waals surface area contributed by atoms with Crippen molar-refractivity contribution in [2.75, 3.05) is 28.4 Å². The van der Waals surface area contributed by atoms with E-state index in [1.54, 1.807) is 43.5 Å². The van der Waals surface area contributed by atoms with E-state index < -0.39 is 10.8 Å². The monoisotopic (exact) mass is 322 g/mol. The van der Waals surface area contributed by atoms with Gasteiger partial charge in [-0.25, -0.2) is 4.21 Å². The Kier molecular flexibility index (Phi) is 5.27. The fourth-order valence-corrected chi connectivity index (χ4v) is 3.08. The van der Waals surface area contributed by atoms with E-state index in [0.29, 0.717) is 32.8 Å². The number of hydrogen-bond acceptors (Lipinski definition) is 5. The quantitative estimate of drug-likeness (QED) is 0.818. The minimum absolute atomic E-state index is 0.471. The average Bonchev–Trinajstić information content (AvgIpc) is 2.59. The first kappa shape index (κ1) is 16.2. The first-order valence-electron chi connectivity index (χ1n) is 6.50. The minimum atomic E-state index is -1.36. The van der Waals surface area contributed by atoms with E-state index in [-0.39, 0.29) is 0 Å². The molecule has 118 valence electrons. The Balaban J connectivity index is 2.44. The van der Waals surface area contributed by atoms with Crippen molar-refractivity contribution in [3.05, 3.63) is 36.4 Å². The van der Waals surface area contributed by atoms with Crippen molar-refractivity contribution in [1.82, 2.24) is 0 Å². The molecule has 0 heterocycles. The van der Waals surface area contributed by atoms with Gasteiger partial charge in [0.05, 0.1) is 44.1 Å². The Morgan fingerprint density at radius 3 is 1.68 bits per heavy atom. The van der Waals surface area contributed by atoms with E-state index in [2.05, 4.69) is 0 Å². The summed E-state index contributed by atoms with van der Waals surface area (Å²) in [5, 5.41) is 0. The van der Waals surface area contributed by atoms with E-state index in [1.165, 1.54) is 21.3 Å². The largest absolute Gasteiger partial charge is 0.497 e. The van der Waals surface area contributed by atoms with Crippen molar-refractivity contribution in [1.29, 1.82) is 0 Å². The van der Waals surface area contributed by atoms with E-state index in [0.717, 1.165) is 0 Å². The molecule has 1 atom stereocenters. The SMILES string of the molecule is COc1ccc(S(=O)c2cc(OC)c(OC)c(OC)c2)cc1. The van der Waals surface area contributed by atoms with Crippen molar-refractivity contribution in [2.45, 2.75) is 9.79 Å². The van der Waals surface area contributed by atoms with Crippen LogP contribution in [0.3, 0.4) is 0 Å². The molecule has 0 N–H and O–H groups in total. The lowest BCUT2D eigenvalue weighted by Crippen LogP contribution is -1.99. The second kappa shape index (κ2) is 7.17. The molecule has 0 saturated heterocycles. The van der Waals surface area contributed by atoms with Crippen molar-refractivity contribution in [3.63, 3.8) is 0 Å². The first-order valence-corrected chi connectivity index (χ1v) is 7.65. The predicted octanol–water partition coefficient (Wildman–Crippen LogP) is 2.89. The van der Waals surface area contributed by atoms with Gasteiger partial charge >= 0.3 is 0 Å². The third-order valence-electron chi connectivity index (χ3n) is 3.13. The van der Waals surface area contributed by atoms with Crippen molar-refractivity contribution in [3.8, 4) is 23.0 Å². The maximum absolute atomic E-state index is 12.7.